The highest BCUT2D eigenvalue weighted by Gasteiger charge is 2.26. The first-order valence-corrected chi connectivity index (χ1v) is 7.05. The molecule has 0 spiro atoms. The maximum atomic E-state index is 11.9. The molecule has 0 aromatic carbocycles. The summed E-state index contributed by atoms with van der Waals surface area (Å²) in [5, 5.41) is 13.3. The smallest absolute Gasteiger partial charge is 0.355 e. The monoisotopic (exact) mass is 321 g/mol. The number of terminal acetylenes is 1. The summed E-state index contributed by atoms with van der Waals surface area (Å²) in [6, 6.07) is 1.09. The molecule has 1 aromatic rings. The van der Waals surface area contributed by atoms with E-state index in [0.29, 0.717) is 12.8 Å². The van der Waals surface area contributed by atoms with Crippen LogP contribution in [0.5, 0.6) is 0 Å². The number of rotatable bonds is 7. The van der Waals surface area contributed by atoms with Crippen molar-refractivity contribution in [1.82, 2.24) is 9.88 Å². The molecule has 1 rings (SSSR count). The largest absolute Gasteiger partial charge is 0.451 e. The number of esters is 1. The van der Waals surface area contributed by atoms with Gasteiger partial charge in [-0.1, -0.05) is 19.8 Å². The zero-order valence-electron chi connectivity index (χ0n) is 13.3. The predicted octanol–water partition coefficient (Wildman–Crippen LogP) is 1.40. The first kappa shape index (κ1) is 18.2. The number of aryl methyl sites for hydroxylation is 1. The minimum absolute atomic E-state index is 0.0151. The molecule has 1 aromatic heterocycles. The van der Waals surface area contributed by atoms with Crippen LogP contribution in [0.15, 0.2) is 12.3 Å². The lowest BCUT2D eigenvalue weighted by molar-refractivity contribution is -0.384. The first-order valence-electron chi connectivity index (χ1n) is 7.05. The average Bonchev–Trinajstić information content (AvgIpc) is 2.92. The number of carbonyl (C=O) groups is 2. The summed E-state index contributed by atoms with van der Waals surface area (Å²) in [7, 11) is 1.47. The number of carbonyl (C=O) groups excluding carboxylic acids is 2. The van der Waals surface area contributed by atoms with Gasteiger partial charge in [-0.25, -0.2) is 4.79 Å². The zero-order valence-corrected chi connectivity index (χ0v) is 13.3. The molecule has 0 aliphatic rings. The Bertz CT molecular complexity index is 653. The second-order valence-corrected chi connectivity index (χ2v) is 5.01. The molecule has 23 heavy (non-hydrogen) atoms. The van der Waals surface area contributed by atoms with Gasteiger partial charge >= 0.3 is 5.97 Å². The van der Waals surface area contributed by atoms with E-state index in [0.717, 1.165) is 6.07 Å². The molecule has 0 radical (unpaired) electrons. The maximum absolute atomic E-state index is 11.9. The highest BCUT2D eigenvalue weighted by Crippen LogP contribution is 2.16. The first-order chi connectivity index (χ1) is 10.8. The zero-order chi connectivity index (χ0) is 17.6. The van der Waals surface area contributed by atoms with Gasteiger partial charge in [0.15, 0.2) is 6.61 Å². The molecule has 0 fully saturated rings. The molecule has 0 unspecified atom stereocenters. The van der Waals surface area contributed by atoms with Crippen LogP contribution in [-0.4, -0.2) is 33.5 Å². The highest BCUT2D eigenvalue weighted by molar-refractivity contribution is 5.90. The summed E-state index contributed by atoms with van der Waals surface area (Å²) in [4.78, 5) is 33.8. The summed E-state index contributed by atoms with van der Waals surface area (Å²) in [5.41, 5.74) is -1.02. The maximum Gasteiger partial charge on any atom is 0.355 e. The third-order valence-corrected chi connectivity index (χ3v) is 3.61. The van der Waals surface area contributed by atoms with Crippen LogP contribution in [0.25, 0.3) is 0 Å². The number of ether oxygens (including phenoxy) is 1. The molecular formula is C15H19N3O5. The third-order valence-electron chi connectivity index (χ3n) is 3.61. The molecule has 8 nitrogen and oxygen atoms in total. The average molecular weight is 321 g/mol. The number of nitrogens with one attached hydrogen (secondary N) is 1. The number of aromatic nitrogens is 1. The van der Waals surface area contributed by atoms with E-state index in [9.17, 15) is 19.7 Å². The van der Waals surface area contributed by atoms with E-state index in [1.54, 1.807) is 0 Å². The van der Waals surface area contributed by atoms with Crippen LogP contribution in [0.4, 0.5) is 5.69 Å². The molecule has 0 atom stereocenters. The van der Waals surface area contributed by atoms with Gasteiger partial charge in [0.25, 0.3) is 11.6 Å². The summed E-state index contributed by atoms with van der Waals surface area (Å²) >= 11 is 0. The van der Waals surface area contributed by atoms with Crippen molar-refractivity contribution in [2.45, 2.75) is 32.2 Å². The SMILES string of the molecule is C#CC(CC)(CC)NC(=O)COC(=O)c1cc([N+](=O)[O-])cn1C. The lowest BCUT2D eigenvalue weighted by atomic mass is 9.94. The van der Waals surface area contributed by atoms with Gasteiger partial charge in [0.1, 0.15) is 11.2 Å². The van der Waals surface area contributed by atoms with Crippen molar-refractivity contribution in [1.29, 1.82) is 0 Å². The molecular weight excluding hydrogens is 302 g/mol. The Morgan fingerprint density at radius 3 is 2.52 bits per heavy atom. The van der Waals surface area contributed by atoms with Gasteiger partial charge in [-0.05, 0) is 12.8 Å². The molecule has 1 heterocycles. The van der Waals surface area contributed by atoms with Gasteiger partial charge in [-0.15, -0.1) is 6.42 Å². The molecule has 0 aliphatic carbocycles. The van der Waals surface area contributed by atoms with E-state index >= 15 is 0 Å². The number of hydrogen-bond acceptors (Lipinski definition) is 5. The summed E-state index contributed by atoms with van der Waals surface area (Å²) in [6.07, 6.45) is 7.71. The molecule has 1 amide bonds. The number of nitro groups is 1. The number of nitrogens with zero attached hydrogens (tertiary/aromatic N) is 2. The Morgan fingerprint density at radius 1 is 1.48 bits per heavy atom. The van der Waals surface area contributed by atoms with Crippen molar-refractivity contribution in [3.63, 3.8) is 0 Å². The van der Waals surface area contributed by atoms with E-state index in [1.165, 1.54) is 17.8 Å². The van der Waals surface area contributed by atoms with Gasteiger partial charge < -0.3 is 14.6 Å². The molecule has 0 aliphatic heterocycles. The second-order valence-electron chi connectivity index (χ2n) is 5.01. The lowest BCUT2D eigenvalue weighted by Crippen LogP contribution is -2.48. The van der Waals surface area contributed by atoms with E-state index in [4.69, 9.17) is 11.2 Å². The van der Waals surface area contributed by atoms with Crippen LogP contribution in [0.1, 0.15) is 37.2 Å². The van der Waals surface area contributed by atoms with Crippen LogP contribution >= 0.6 is 0 Å². The van der Waals surface area contributed by atoms with E-state index in [-0.39, 0.29) is 11.4 Å². The summed E-state index contributed by atoms with van der Waals surface area (Å²) in [6.45, 7) is 3.18. The number of amides is 1. The van der Waals surface area contributed by atoms with Crippen LogP contribution < -0.4 is 5.32 Å². The summed E-state index contributed by atoms with van der Waals surface area (Å²) in [5.74, 6) is 1.19. The minimum atomic E-state index is -0.824. The van der Waals surface area contributed by atoms with Crippen molar-refractivity contribution < 1.29 is 19.2 Å². The normalized spacial score (nSPS) is 10.7. The van der Waals surface area contributed by atoms with Gasteiger partial charge in [-0.2, -0.15) is 0 Å². The Morgan fingerprint density at radius 2 is 2.09 bits per heavy atom. The predicted molar refractivity (Wildman–Crippen MR) is 82.6 cm³/mol. The van der Waals surface area contributed by atoms with Gasteiger partial charge in [0.05, 0.1) is 11.1 Å². The molecule has 0 bridgehead atoms. The van der Waals surface area contributed by atoms with E-state index in [1.807, 2.05) is 13.8 Å². The van der Waals surface area contributed by atoms with Crippen molar-refractivity contribution in [3.8, 4) is 12.3 Å². The van der Waals surface area contributed by atoms with Gasteiger partial charge in [0, 0.05) is 13.1 Å². The van der Waals surface area contributed by atoms with E-state index in [2.05, 4.69) is 11.2 Å². The molecule has 8 heteroatoms. The lowest BCUT2D eigenvalue weighted by Gasteiger charge is -2.26. The van der Waals surface area contributed by atoms with Crippen LogP contribution in [0, 0.1) is 22.5 Å². The highest BCUT2D eigenvalue weighted by atomic mass is 16.6. The molecule has 124 valence electrons. The van der Waals surface area contributed by atoms with E-state index < -0.39 is 28.9 Å². The Kier molecular flexibility index (Phi) is 5.90. The molecule has 1 N–H and O–H groups in total. The van der Waals surface area contributed by atoms with Crippen LogP contribution in [-0.2, 0) is 16.6 Å². The van der Waals surface area contributed by atoms with Gasteiger partial charge in [0.2, 0.25) is 0 Å². The second kappa shape index (κ2) is 7.45. The molecule has 0 saturated heterocycles. The molecule has 0 saturated carbocycles. The fourth-order valence-corrected chi connectivity index (χ4v) is 2.02. The Hall–Kier alpha value is -2.82. The quantitative estimate of drug-likeness (QED) is 0.354. The topological polar surface area (TPSA) is 103 Å². The van der Waals surface area contributed by atoms with Crippen LogP contribution in [0.3, 0.4) is 0 Å². The van der Waals surface area contributed by atoms with Crippen molar-refractivity contribution in [3.05, 3.63) is 28.1 Å². The number of hydrogen-bond donors (Lipinski definition) is 1. The van der Waals surface area contributed by atoms with Gasteiger partial charge in [-0.3, -0.25) is 14.9 Å². The fourth-order valence-electron chi connectivity index (χ4n) is 2.02. The Balaban J connectivity index is 2.68. The van der Waals surface area contributed by atoms with Crippen LogP contribution in [0.2, 0.25) is 0 Å². The standard InChI is InChI=1S/C15H19N3O5/c1-5-15(6-2,7-3)16-13(19)10-23-14(20)12-8-11(18(21)22)9-17(12)4/h1,8-9H,6-7,10H2,2-4H3,(H,16,19). The van der Waals surface area contributed by atoms with Crippen molar-refractivity contribution in [2.24, 2.45) is 7.05 Å². The van der Waals surface area contributed by atoms with Crippen molar-refractivity contribution >= 4 is 17.6 Å². The van der Waals surface area contributed by atoms with Crippen molar-refractivity contribution in [2.75, 3.05) is 6.61 Å². The minimum Gasteiger partial charge on any atom is -0.451 e. The fraction of sp³-hybridized carbons (Fsp3) is 0.467. The Labute approximate surface area is 134 Å². The summed E-state index contributed by atoms with van der Waals surface area (Å²) < 4.78 is 6.15. The third kappa shape index (κ3) is 4.32.